The zero-order valence-electron chi connectivity index (χ0n) is 14.4. The quantitative estimate of drug-likeness (QED) is 0.641. The predicted molar refractivity (Wildman–Crippen MR) is 97.8 cm³/mol. The lowest BCUT2D eigenvalue weighted by atomic mass is 10.2. The van der Waals surface area contributed by atoms with Crippen LogP contribution in [0.5, 0.6) is 0 Å². The molecule has 2 amide bonds. The maximum atomic E-state index is 13.4. The Kier molecular flexibility index (Phi) is 6.62. The number of aromatic nitrogens is 1. The molecule has 0 fully saturated rings. The molecule has 2 aromatic rings. The minimum absolute atomic E-state index is 0.283. The van der Waals surface area contributed by atoms with E-state index in [1.165, 1.54) is 23.9 Å². The van der Waals surface area contributed by atoms with Gasteiger partial charge in [0.25, 0.3) is 5.91 Å². The lowest BCUT2D eigenvalue weighted by Gasteiger charge is -2.18. The molecule has 140 valence electrons. The SMILES string of the molecule is CSCCC(NC(=O)c1cc2cc(F)ccc2n1C)C(=O)NCC(=O)O. The van der Waals surface area contributed by atoms with Gasteiger partial charge in [-0.1, -0.05) is 0 Å². The predicted octanol–water partition coefficient (Wildman–Crippen LogP) is 1.37. The molecule has 7 nitrogen and oxygen atoms in total. The standard InChI is InChI=1S/C17H20FN3O4S/c1-21-13-4-3-11(18)7-10(13)8-14(21)17(25)20-12(5-6-26-2)16(24)19-9-15(22)23/h3-4,7-8,12H,5-6,9H2,1-2H3,(H,19,24)(H,20,25)(H,22,23). The Balaban J connectivity index is 2.19. The van der Waals surface area contributed by atoms with Crippen LogP contribution in [0.25, 0.3) is 10.9 Å². The Bertz CT molecular complexity index is 837. The van der Waals surface area contributed by atoms with Crippen molar-refractivity contribution in [1.29, 1.82) is 0 Å². The smallest absolute Gasteiger partial charge is 0.322 e. The second kappa shape index (κ2) is 8.70. The van der Waals surface area contributed by atoms with Gasteiger partial charge in [-0.05, 0) is 42.7 Å². The number of halogens is 1. The topological polar surface area (TPSA) is 100 Å². The number of fused-ring (bicyclic) bond motifs is 1. The first-order chi connectivity index (χ1) is 12.3. The molecule has 0 aliphatic carbocycles. The van der Waals surface area contributed by atoms with E-state index >= 15 is 0 Å². The van der Waals surface area contributed by atoms with Crippen molar-refractivity contribution in [2.24, 2.45) is 7.05 Å². The van der Waals surface area contributed by atoms with Crippen molar-refractivity contribution in [2.45, 2.75) is 12.5 Å². The van der Waals surface area contributed by atoms with Crippen molar-refractivity contribution in [3.63, 3.8) is 0 Å². The van der Waals surface area contributed by atoms with Crippen molar-refractivity contribution < 1.29 is 23.9 Å². The van der Waals surface area contributed by atoms with E-state index in [1.54, 1.807) is 23.7 Å². The molecular weight excluding hydrogens is 361 g/mol. The van der Waals surface area contributed by atoms with Crippen LogP contribution < -0.4 is 10.6 Å². The molecule has 26 heavy (non-hydrogen) atoms. The fraction of sp³-hybridized carbons (Fsp3) is 0.353. The average Bonchev–Trinajstić information content (AvgIpc) is 2.92. The summed E-state index contributed by atoms with van der Waals surface area (Å²) in [5.41, 5.74) is 0.971. The van der Waals surface area contributed by atoms with E-state index in [0.717, 1.165) is 0 Å². The summed E-state index contributed by atoms with van der Waals surface area (Å²) in [6.07, 6.45) is 2.23. The number of amides is 2. The highest BCUT2D eigenvalue weighted by Gasteiger charge is 2.23. The summed E-state index contributed by atoms with van der Waals surface area (Å²) in [6.45, 7) is -0.516. The number of carboxylic acid groups (broad SMARTS) is 1. The summed E-state index contributed by atoms with van der Waals surface area (Å²) in [7, 11) is 1.68. The molecule has 1 atom stereocenters. The third-order valence-corrected chi connectivity index (χ3v) is 4.53. The van der Waals surface area contributed by atoms with E-state index in [1.807, 2.05) is 6.26 Å². The van der Waals surface area contributed by atoms with Crippen molar-refractivity contribution in [3.8, 4) is 0 Å². The molecule has 1 aromatic heterocycles. The van der Waals surface area contributed by atoms with Gasteiger partial charge in [-0.3, -0.25) is 14.4 Å². The number of carbonyl (C=O) groups excluding carboxylic acids is 2. The van der Waals surface area contributed by atoms with Gasteiger partial charge in [0.15, 0.2) is 0 Å². The van der Waals surface area contributed by atoms with Crippen molar-refractivity contribution in [3.05, 3.63) is 35.8 Å². The molecular formula is C17H20FN3O4S. The van der Waals surface area contributed by atoms with E-state index in [9.17, 15) is 18.8 Å². The number of thioether (sulfide) groups is 1. The molecule has 1 heterocycles. The van der Waals surface area contributed by atoms with Crippen LogP contribution in [0.2, 0.25) is 0 Å². The number of carbonyl (C=O) groups is 3. The van der Waals surface area contributed by atoms with Gasteiger partial charge in [-0.15, -0.1) is 0 Å². The number of rotatable bonds is 8. The van der Waals surface area contributed by atoms with Gasteiger partial charge in [0.1, 0.15) is 24.1 Å². The van der Waals surface area contributed by atoms with E-state index in [2.05, 4.69) is 10.6 Å². The van der Waals surface area contributed by atoms with E-state index < -0.39 is 36.2 Å². The van der Waals surface area contributed by atoms with Crippen LogP contribution >= 0.6 is 11.8 Å². The van der Waals surface area contributed by atoms with Gasteiger partial charge in [-0.2, -0.15) is 11.8 Å². The Morgan fingerprint density at radius 1 is 1.31 bits per heavy atom. The van der Waals surface area contributed by atoms with Gasteiger partial charge < -0.3 is 20.3 Å². The van der Waals surface area contributed by atoms with E-state index in [0.29, 0.717) is 23.1 Å². The first-order valence-corrected chi connectivity index (χ1v) is 9.27. The number of carboxylic acids is 1. The molecule has 0 aliphatic rings. The zero-order chi connectivity index (χ0) is 19.3. The number of nitrogens with zero attached hydrogens (tertiary/aromatic N) is 1. The van der Waals surface area contributed by atoms with Crippen LogP contribution in [0.1, 0.15) is 16.9 Å². The zero-order valence-corrected chi connectivity index (χ0v) is 15.2. The molecule has 0 saturated carbocycles. The third-order valence-electron chi connectivity index (χ3n) is 3.88. The van der Waals surface area contributed by atoms with Crippen LogP contribution in [0.4, 0.5) is 4.39 Å². The van der Waals surface area contributed by atoms with Crippen molar-refractivity contribution in [2.75, 3.05) is 18.6 Å². The van der Waals surface area contributed by atoms with Crippen molar-refractivity contribution >= 4 is 40.4 Å². The molecule has 0 saturated heterocycles. The lowest BCUT2D eigenvalue weighted by Crippen LogP contribution is -2.48. The van der Waals surface area contributed by atoms with Crippen LogP contribution in [0.3, 0.4) is 0 Å². The maximum absolute atomic E-state index is 13.4. The normalized spacial score (nSPS) is 12.0. The minimum Gasteiger partial charge on any atom is -0.480 e. The molecule has 1 aromatic carbocycles. The van der Waals surface area contributed by atoms with Crippen LogP contribution in [0.15, 0.2) is 24.3 Å². The number of hydrogen-bond acceptors (Lipinski definition) is 4. The summed E-state index contributed by atoms with van der Waals surface area (Å²) in [4.78, 5) is 35.4. The Morgan fingerprint density at radius 3 is 2.69 bits per heavy atom. The number of nitrogens with one attached hydrogen (secondary N) is 2. The Morgan fingerprint density at radius 2 is 2.04 bits per heavy atom. The molecule has 0 aliphatic heterocycles. The monoisotopic (exact) mass is 381 g/mol. The second-order valence-electron chi connectivity index (χ2n) is 5.71. The highest BCUT2D eigenvalue weighted by molar-refractivity contribution is 7.98. The molecule has 0 bridgehead atoms. The summed E-state index contributed by atoms with van der Waals surface area (Å²) in [5, 5.41) is 14.2. The van der Waals surface area contributed by atoms with Gasteiger partial charge in [0, 0.05) is 18.0 Å². The fourth-order valence-corrected chi connectivity index (χ4v) is 3.03. The molecule has 0 radical (unpaired) electrons. The molecule has 9 heteroatoms. The highest BCUT2D eigenvalue weighted by Crippen LogP contribution is 2.20. The Labute approximate surface area is 153 Å². The summed E-state index contributed by atoms with van der Waals surface area (Å²) >= 11 is 1.51. The number of aryl methyl sites for hydroxylation is 1. The number of benzene rings is 1. The van der Waals surface area contributed by atoms with Gasteiger partial charge in [-0.25, -0.2) is 4.39 Å². The first-order valence-electron chi connectivity index (χ1n) is 7.87. The van der Waals surface area contributed by atoms with E-state index in [-0.39, 0.29) is 5.69 Å². The highest BCUT2D eigenvalue weighted by atomic mass is 32.2. The third kappa shape index (κ3) is 4.75. The molecule has 3 N–H and O–H groups in total. The van der Waals surface area contributed by atoms with Gasteiger partial charge in [0.05, 0.1) is 0 Å². The first kappa shape index (κ1) is 19.8. The van der Waals surface area contributed by atoms with Gasteiger partial charge in [0.2, 0.25) is 5.91 Å². The summed E-state index contributed by atoms with van der Waals surface area (Å²) in [5.74, 6) is -1.99. The lowest BCUT2D eigenvalue weighted by molar-refractivity contribution is -0.138. The van der Waals surface area contributed by atoms with Crippen LogP contribution in [-0.4, -0.2) is 52.1 Å². The van der Waals surface area contributed by atoms with E-state index in [4.69, 9.17) is 5.11 Å². The average molecular weight is 381 g/mol. The minimum atomic E-state index is -1.16. The molecule has 2 rings (SSSR count). The van der Waals surface area contributed by atoms with Gasteiger partial charge >= 0.3 is 5.97 Å². The summed E-state index contributed by atoms with van der Waals surface area (Å²) < 4.78 is 15.0. The van der Waals surface area contributed by atoms with Crippen molar-refractivity contribution in [1.82, 2.24) is 15.2 Å². The molecule has 0 spiro atoms. The second-order valence-corrected chi connectivity index (χ2v) is 6.70. The Hall–Kier alpha value is -2.55. The number of hydrogen-bond donors (Lipinski definition) is 3. The van der Waals surface area contributed by atoms with Crippen LogP contribution in [0, 0.1) is 5.82 Å². The largest absolute Gasteiger partial charge is 0.480 e. The molecule has 1 unspecified atom stereocenters. The number of aliphatic carboxylic acids is 1. The van der Waals surface area contributed by atoms with Crippen LogP contribution in [-0.2, 0) is 16.6 Å². The summed E-state index contributed by atoms with van der Waals surface area (Å²) in [6, 6.07) is 4.91. The maximum Gasteiger partial charge on any atom is 0.322 e. The fourth-order valence-electron chi connectivity index (χ4n) is 2.56.